The highest BCUT2D eigenvalue weighted by molar-refractivity contribution is 6.06. The molecule has 164 valence electrons. The van der Waals surface area contributed by atoms with Crippen molar-refractivity contribution in [3.8, 4) is 0 Å². The second-order valence-corrected chi connectivity index (χ2v) is 7.66. The number of aryl methyl sites for hydroxylation is 1. The number of nitrogens with two attached hydrogens (primary N) is 1. The van der Waals surface area contributed by atoms with Crippen LogP contribution in [-0.2, 0) is 11.2 Å². The average molecular weight is 425 g/mol. The van der Waals surface area contributed by atoms with Crippen LogP contribution in [0.15, 0.2) is 58.5 Å². The first-order valence-electron chi connectivity index (χ1n) is 10.8. The number of halogens is 1. The Hall–Kier alpha value is -3.13. The summed E-state index contributed by atoms with van der Waals surface area (Å²) >= 11 is 0. The summed E-state index contributed by atoms with van der Waals surface area (Å²) in [7, 11) is 0. The number of nitrogens with one attached hydrogen (secondary N) is 1. The van der Waals surface area contributed by atoms with E-state index in [-0.39, 0.29) is 11.8 Å². The molecule has 8 heteroatoms. The van der Waals surface area contributed by atoms with Gasteiger partial charge in [-0.25, -0.2) is 9.38 Å². The molecule has 0 aromatic heterocycles. The Morgan fingerprint density at radius 1 is 1.10 bits per heavy atom. The fourth-order valence-electron chi connectivity index (χ4n) is 3.72. The molecule has 1 fully saturated rings. The normalized spacial score (nSPS) is 19.1. The molecule has 1 atom stereocenters. The van der Waals surface area contributed by atoms with Crippen molar-refractivity contribution in [1.29, 1.82) is 0 Å². The first kappa shape index (κ1) is 21.1. The molecule has 0 radical (unpaired) electrons. The predicted molar refractivity (Wildman–Crippen MR) is 123 cm³/mol. The number of aliphatic imine (C=N–C) groups is 2. The van der Waals surface area contributed by atoms with Gasteiger partial charge in [-0.2, -0.15) is 4.99 Å². The van der Waals surface area contributed by atoms with Gasteiger partial charge in [0.25, 0.3) is 0 Å². The van der Waals surface area contributed by atoms with Crippen molar-refractivity contribution in [2.75, 3.05) is 36.5 Å². The van der Waals surface area contributed by atoms with E-state index in [1.165, 1.54) is 30.5 Å². The van der Waals surface area contributed by atoms with Gasteiger partial charge >= 0.3 is 0 Å². The summed E-state index contributed by atoms with van der Waals surface area (Å²) in [6.07, 6.45) is 2.91. The molecule has 31 heavy (non-hydrogen) atoms. The molecule has 2 aromatic rings. The smallest absolute Gasteiger partial charge is 0.222 e. The summed E-state index contributed by atoms with van der Waals surface area (Å²) in [6.45, 7) is 4.82. The van der Waals surface area contributed by atoms with Crippen molar-refractivity contribution < 1.29 is 9.13 Å². The van der Waals surface area contributed by atoms with Crippen LogP contribution in [0.25, 0.3) is 0 Å². The van der Waals surface area contributed by atoms with Gasteiger partial charge in [0, 0.05) is 24.5 Å². The molecule has 0 aliphatic carbocycles. The highest BCUT2D eigenvalue weighted by Gasteiger charge is 2.32. The number of unbranched alkanes of at least 4 members (excludes halogenated alkanes) is 1. The van der Waals surface area contributed by atoms with Crippen molar-refractivity contribution >= 4 is 23.3 Å². The van der Waals surface area contributed by atoms with Crippen LogP contribution in [-0.4, -0.2) is 49.4 Å². The highest BCUT2D eigenvalue weighted by Crippen LogP contribution is 2.25. The lowest BCUT2D eigenvalue weighted by molar-refractivity contribution is 0.0671. The third-order valence-electron chi connectivity index (χ3n) is 5.40. The molecule has 2 aliphatic rings. The van der Waals surface area contributed by atoms with Crippen LogP contribution in [0.5, 0.6) is 0 Å². The molecular formula is C23H29FN6O. The number of hydrogen-bond donors (Lipinski definition) is 2. The summed E-state index contributed by atoms with van der Waals surface area (Å²) in [5, 5.41) is 3.45. The highest BCUT2D eigenvalue weighted by atomic mass is 19.1. The summed E-state index contributed by atoms with van der Waals surface area (Å²) in [4.78, 5) is 13.2. The number of hydrogen-bond acceptors (Lipinski definition) is 7. The quantitative estimate of drug-likeness (QED) is 0.743. The fraction of sp³-hybridized carbons (Fsp3) is 0.391. The minimum atomic E-state index is -0.512. The molecule has 1 saturated heterocycles. The fourth-order valence-corrected chi connectivity index (χ4v) is 3.72. The van der Waals surface area contributed by atoms with Crippen LogP contribution in [0, 0.1) is 5.82 Å². The third kappa shape index (κ3) is 5.14. The van der Waals surface area contributed by atoms with Crippen molar-refractivity contribution in [3.63, 3.8) is 0 Å². The van der Waals surface area contributed by atoms with E-state index in [4.69, 9.17) is 10.5 Å². The van der Waals surface area contributed by atoms with Crippen molar-refractivity contribution in [1.82, 2.24) is 4.90 Å². The number of morpholine rings is 1. The van der Waals surface area contributed by atoms with E-state index in [1.807, 2.05) is 4.90 Å². The molecule has 7 nitrogen and oxygen atoms in total. The predicted octanol–water partition coefficient (Wildman–Crippen LogP) is 3.39. The van der Waals surface area contributed by atoms with E-state index in [9.17, 15) is 4.39 Å². The number of rotatable bonds is 6. The van der Waals surface area contributed by atoms with Gasteiger partial charge in [0.05, 0.1) is 13.2 Å². The molecule has 0 amide bonds. The van der Waals surface area contributed by atoms with Crippen LogP contribution < -0.4 is 16.0 Å². The Balaban J connectivity index is 1.62. The van der Waals surface area contributed by atoms with E-state index >= 15 is 0 Å². The van der Waals surface area contributed by atoms with Crippen LogP contribution in [0.2, 0.25) is 0 Å². The topological polar surface area (TPSA) is 78.5 Å². The van der Waals surface area contributed by atoms with Crippen LogP contribution >= 0.6 is 0 Å². The number of benzene rings is 2. The zero-order valence-electron chi connectivity index (χ0n) is 17.8. The Morgan fingerprint density at radius 3 is 2.48 bits per heavy atom. The third-order valence-corrected chi connectivity index (χ3v) is 5.40. The SMILES string of the molecule is CCCCc1ccc(NC2N=C(N)N=C(N3CCOCC3)N2c2ccc(F)cc2)cc1. The average Bonchev–Trinajstić information content (AvgIpc) is 2.80. The first-order valence-corrected chi connectivity index (χ1v) is 10.8. The van der Waals surface area contributed by atoms with E-state index < -0.39 is 6.29 Å². The zero-order chi connectivity index (χ0) is 21.6. The number of ether oxygens (including phenoxy) is 1. The lowest BCUT2D eigenvalue weighted by atomic mass is 10.1. The molecule has 2 aromatic carbocycles. The molecule has 0 bridgehead atoms. The minimum Gasteiger partial charge on any atom is -0.378 e. The largest absolute Gasteiger partial charge is 0.378 e. The number of anilines is 2. The van der Waals surface area contributed by atoms with Gasteiger partial charge in [-0.1, -0.05) is 25.5 Å². The maximum Gasteiger partial charge on any atom is 0.222 e. The van der Waals surface area contributed by atoms with Gasteiger partial charge in [0.15, 0.2) is 0 Å². The lowest BCUT2D eigenvalue weighted by Gasteiger charge is -2.41. The van der Waals surface area contributed by atoms with Crippen molar-refractivity contribution in [2.24, 2.45) is 15.7 Å². The standard InChI is InChI=1S/C23H29FN6O/c1-2-3-4-17-5-9-19(10-6-17)26-22-27-21(25)28-23(29-13-15-31-16-14-29)30(22)20-11-7-18(24)8-12-20/h5-12,22,26H,2-4,13-16H2,1H3,(H2,25,27). The summed E-state index contributed by atoms with van der Waals surface area (Å²) < 4.78 is 19.1. The Morgan fingerprint density at radius 2 is 1.81 bits per heavy atom. The second-order valence-electron chi connectivity index (χ2n) is 7.66. The van der Waals surface area contributed by atoms with E-state index in [0.717, 1.165) is 17.8 Å². The summed E-state index contributed by atoms with van der Waals surface area (Å²) in [5.74, 6) is 0.595. The Labute approximate surface area is 182 Å². The van der Waals surface area contributed by atoms with Gasteiger partial charge in [-0.15, -0.1) is 0 Å². The molecule has 0 spiro atoms. The van der Waals surface area contributed by atoms with E-state index in [1.54, 1.807) is 12.1 Å². The monoisotopic (exact) mass is 424 g/mol. The lowest BCUT2D eigenvalue weighted by Crippen LogP contribution is -2.57. The van der Waals surface area contributed by atoms with Crippen molar-refractivity contribution in [3.05, 3.63) is 59.9 Å². The molecule has 1 unspecified atom stereocenters. The van der Waals surface area contributed by atoms with Crippen molar-refractivity contribution in [2.45, 2.75) is 32.5 Å². The molecule has 4 rings (SSSR count). The Bertz CT molecular complexity index is 922. The van der Waals surface area contributed by atoms with Crippen LogP contribution in [0.4, 0.5) is 15.8 Å². The number of guanidine groups is 2. The maximum absolute atomic E-state index is 13.6. The molecule has 2 heterocycles. The van der Waals surface area contributed by atoms with E-state index in [0.29, 0.717) is 32.3 Å². The molecular weight excluding hydrogens is 395 g/mol. The summed E-state index contributed by atoms with van der Waals surface area (Å²) in [5.41, 5.74) is 9.11. The van der Waals surface area contributed by atoms with Gasteiger partial charge in [0.2, 0.25) is 18.2 Å². The molecule has 2 aliphatic heterocycles. The zero-order valence-corrected chi connectivity index (χ0v) is 17.8. The number of nitrogens with zero attached hydrogens (tertiary/aromatic N) is 4. The van der Waals surface area contributed by atoms with E-state index in [2.05, 4.69) is 51.4 Å². The summed E-state index contributed by atoms with van der Waals surface area (Å²) in [6, 6.07) is 14.7. The second kappa shape index (κ2) is 9.78. The molecule has 3 N–H and O–H groups in total. The van der Waals surface area contributed by atoms with Gasteiger partial charge in [-0.05, 0) is 54.8 Å². The maximum atomic E-state index is 13.6. The van der Waals surface area contributed by atoms with Gasteiger partial charge < -0.3 is 20.7 Å². The van der Waals surface area contributed by atoms with Gasteiger partial charge in [-0.3, -0.25) is 4.90 Å². The van der Waals surface area contributed by atoms with Crippen LogP contribution in [0.1, 0.15) is 25.3 Å². The van der Waals surface area contributed by atoms with Gasteiger partial charge in [0.1, 0.15) is 5.82 Å². The minimum absolute atomic E-state index is 0.205. The van der Waals surface area contributed by atoms with Crippen LogP contribution in [0.3, 0.4) is 0 Å². The Kier molecular flexibility index (Phi) is 6.66. The molecule has 0 saturated carbocycles. The first-order chi connectivity index (χ1) is 15.1.